The average molecular weight is 441 g/mol. The number of nitrogens with two attached hydrogens (primary N) is 1. The van der Waals surface area contributed by atoms with Crippen molar-refractivity contribution in [2.45, 2.75) is 11.4 Å². The largest absolute Gasteiger partial charge is 0.326 e. The lowest BCUT2D eigenvalue weighted by Crippen LogP contribution is -2.17. The van der Waals surface area contributed by atoms with Crippen molar-refractivity contribution in [2.24, 2.45) is 5.73 Å². The fourth-order valence-corrected chi connectivity index (χ4v) is 4.25. The molecular weight excluding hydrogens is 430 g/mol. The number of hydrogen-bond acceptors (Lipinski definition) is 3. The third kappa shape index (κ3) is 3.85. The van der Waals surface area contributed by atoms with Crippen molar-refractivity contribution in [3.05, 3.63) is 56.4 Å². The third-order valence-electron chi connectivity index (χ3n) is 2.71. The van der Waals surface area contributed by atoms with Crippen LogP contribution in [0.25, 0.3) is 0 Å². The molecule has 112 valence electrons. The predicted octanol–water partition coefficient (Wildman–Crippen LogP) is 3.34. The van der Waals surface area contributed by atoms with Crippen molar-refractivity contribution in [1.82, 2.24) is 0 Å². The second-order valence-electron chi connectivity index (χ2n) is 4.19. The van der Waals surface area contributed by atoms with Crippen molar-refractivity contribution in [3.8, 4) is 0 Å². The van der Waals surface area contributed by atoms with E-state index in [9.17, 15) is 12.8 Å². The maximum Gasteiger partial charge on any atom is 0.262 e. The first kappa shape index (κ1) is 16.5. The SMILES string of the molecule is NCc1ccc(F)cc1S(=O)(=O)Nc1ccc(Cl)cc1I. The van der Waals surface area contributed by atoms with Crippen LogP contribution in [0.15, 0.2) is 41.3 Å². The molecule has 3 N–H and O–H groups in total. The normalized spacial score (nSPS) is 11.4. The van der Waals surface area contributed by atoms with Gasteiger partial charge in [-0.15, -0.1) is 0 Å². The minimum atomic E-state index is -3.93. The summed E-state index contributed by atoms with van der Waals surface area (Å²) in [6.07, 6.45) is 0. The van der Waals surface area contributed by atoms with Crippen molar-refractivity contribution in [1.29, 1.82) is 0 Å². The van der Waals surface area contributed by atoms with E-state index in [-0.39, 0.29) is 11.4 Å². The molecule has 21 heavy (non-hydrogen) atoms. The molecule has 0 aliphatic rings. The van der Waals surface area contributed by atoms with Crippen molar-refractivity contribution >= 4 is 49.9 Å². The fourth-order valence-electron chi connectivity index (χ4n) is 1.72. The van der Waals surface area contributed by atoms with Crippen molar-refractivity contribution in [3.63, 3.8) is 0 Å². The molecule has 0 radical (unpaired) electrons. The highest BCUT2D eigenvalue weighted by molar-refractivity contribution is 14.1. The lowest BCUT2D eigenvalue weighted by atomic mass is 10.2. The first-order chi connectivity index (χ1) is 9.83. The van der Waals surface area contributed by atoms with Gasteiger partial charge in [0, 0.05) is 15.1 Å². The molecule has 8 heteroatoms. The van der Waals surface area contributed by atoms with E-state index in [1.807, 2.05) is 22.6 Å². The minimum Gasteiger partial charge on any atom is -0.326 e. The Labute approximate surface area is 140 Å². The van der Waals surface area contributed by atoms with Crippen molar-refractivity contribution < 1.29 is 12.8 Å². The zero-order valence-corrected chi connectivity index (χ0v) is 14.3. The van der Waals surface area contributed by atoms with Crippen LogP contribution >= 0.6 is 34.2 Å². The lowest BCUT2D eigenvalue weighted by Gasteiger charge is -2.13. The van der Waals surface area contributed by atoms with Gasteiger partial charge in [-0.3, -0.25) is 4.72 Å². The zero-order valence-electron chi connectivity index (χ0n) is 10.6. The van der Waals surface area contributed by atoms with Gasteiger partial charge < -0.3 is 5.73 Å². The highest BCUT2D eigenvalue weighted by atomic mass is 127. The molecule has 2 aromatic rings. The van der Waals surface area contributed by atoms with Gasteiger partial charge in [0.25, 0.3) is 10.0 Å². The molecular formula is C13H11ClFIN2O2S. The first-order valence-electron chi connectivity index (χ1n) is 5.80. The fraction of sp³-hybridized carbons (Fsp3) is 0.0769. The molecule has 0 fully saturated rings. The molecule has 0 heterocycles. The van der Waals surface area contributed by atoms with Crippen LogP contribution in [0.2, 0.25) is 5.02 Å². The molecule has 0 bridgehead atoms. The average Bonchev–Trinajstić information content (AvgIpc) is 2.42. The zero-order chi connectivity index (χ0) is 15.6. The topological polar surface area (TPSA) is 72.2 Å². The van der Waals surface area contributed by atoms with Gasteiger partial charge in [-0.1, -0.05) is 17.7 Å². The van der Waals surface area contributed by atoms with E-state index in [0.717, 1.165) is 6.07 Å². The Morgan fingerprint density at radius 1 is 1.24 bits per heavy atom. The summed E-state index contributed by atoms with van der Waals surface area (Å²) in [5.41, 5.74) is 6.22. The molecule has 0 saturated carbocycles. The molecule has 4 nitrogen and oxygen atoms in total. The van der Waals surface area contributed by atoms with E-state index < -0.39 is 15.8 Å². The molecule has 0 atom stereocenters. The molecule has 0 aliphatic heterocycles. The number of benzene rings is 2. The van der Waals surface area contributed by atoms with Gasteiger partial charge in [0.1, 0.15) is 5.82 Å². The molecule has 0 aromatic heterocycles. The third-order valence-corrected chi connectivity index (χ3v) is 5.29. The van der Waals surface area contributed by atoms with Gasteiger partial charge >= 0.3 is 0 Å². The van der Waals surface area contributed by atoms with Gasteiger partial charge in [-0.25, -0.2) is 12.8 Å². The summed E-state index contributed by atoms with van der Waals surface area (Å²) in [4.78, 5) is -0.171. The Morgan fingerprint density at radius 2 is 1.95 bits per heavy atom. The smallest absolute Gasteiger partial charge is 0.262 e. The van der Waals surface area contributed by atoms with E-state index in [1.165, 1.54) is 12.1 Å². The Morgan fingerprint density at radius 3 is 2.57 bits per heavy atom. The monoisotopic (exact) mass is 440 g/mol. The summed E-state index contributed by atoms with van der Waals surface area (Å²) in [6, 6.07) is 8.22. The van der Waals surface area contributed by atoms with Gasteiger partial charge in [-0.05, 0) is 58.5 Å². The van der Waals surface area contributed by atoms with E-state index in [2.05, 4.69) is 4.72 Å². The van der Waals surface area contributed by atoms with Crippen LogP contribution < -0.4 is 10.5 Å². The van der Waals surface area contributed by atoms with Crippen LogP contribution in [0.1, 0.15) is 5.56 Å². The molecule has 0 amide bonds. The number of hydrogen-bond donors (Lipinski definition) is 2. The van der Waals surface area contributed by atoms with Gasteiger partial charge in [-0.2, -0.15) is 0 Å². The molecule has 2 rings (SSSR count). The summed E-state index contributed by atoms with van der Waals surface area (Å²) in [5, 5.41) is 0.496. The van der Waals surface area contributed by atoms with Crippen LogP contribution in [-0.2, 0) is 16.6 Å². The standard InChI is InChI=1S/C13H11ClFIN2O2S/c14-9-2-4-12(11(16)5-9)18-21(19,20)13-6-10(15)3-1-8(13)7-17/h1-6,18H,7,17H2. The molecule has 0 saturated heterocycles. The van der Waals surface area contributed by atoms with Crippen molar-refractivity contribution in [2.75, 3.05) is 4.72 Å². The molecule has 0 spiro atoms. The number of nitrogens with one attached hydrogen (secondary N) is 1. The van der Waals surface area contributed by atoms with Gasteiger partial charge in [0.05, 0.1) is 10.6 Å². The summed E-state index contributed by atoms with van der Waals surface area (Å²) in [6.45, 7) is -0.00572. The molecule has 2 aromatic carbocycles. The maximum atomic E-state index is 13.3. The van der Waals surface area contributed by atoms with E-state index in [1.54, 1.807) is 18.2 Å². The van der Waals surface area contributed by atoms with E-state index in [0.29, 0.717) is 19.8 Å². The Balaban J connectivity index is 2.45. The van der Waals surface area contributed by atoms with E-state index in [4.69, 9.17) is 17.3 Å². The molecule has 0 unspecified atom stereocenters. The number of sulfonamides is 1. The van der Waals surface area contributed by atoms with Crippen LogP contribution in [-0.4, -0.2) is 8.42 Å². The summed E-state index contributed by atoms with van der Waals surface area (Å²) < 4.78 is 41.2. The van der Waals surface area contributed by atoms with Gasteiger partial charge in [0.2, 0.25) is 0 Å². The second kappa shape index (κ2) is 6.47. The minimum absolute atomic E-state index is 0.00572. The number of rotatable bonds is 4. The van der Waals surface area contributed by atoms with Gasteiger partial charge in [0.15, 0.2) is 0 Å². The lowest BCUT2D eigenvalue weighted by molar-refractivity contribution is 0.593. The molecule has 0 aliphatic carbocycles. The van der Waals surface area contributed by atoms with Crippen LogP contribution in [0.4, 0.5) is 10.1 Å². The van der Waals surface area contributed by atoms with Crippen LogP contribution in [0.3, 0.4) is 0 Å². The maximum absolute atomic E-state index is 13.3. The Bertz CT molecular complexity index is 784. The summed E-state index contributed by atoms with van der Waals surface area (Å²) >= 11 is 7.79. The second-order valence-corrected chi connectivity index (χ2v) is 7.44. The quantitative estimate of drug-likeness (QED) is 0.716. The number of anilines is 1. The first-order valence-corrected chi connectivity index (χ1v) is 8.74. The highest BCUT2D eigenvalue weighted by Crippen LogP contribution is 2.26. The highest BCUT2D eigenvalue weighted by Gasteiger charge is 2.20. The summed E-state index contributed by atoms with van der Waals surface area (Å²) in [7, 11) is -3.93. The number of halogens is 3. The Hall–Kier alpha value is -0.900. The van der Waals surface area contributed by atoms with E-state index >= 15 is 0 Å². The predicted molar refractivity (Wildman–Crippen MR) is 89.3 cm³/mol. The Kier molecular flexibility index (Phi) is 5.07. The van der Waals surface area contributed by atoms with Crippen LogP contribution in [0.5, 0.6) is 0 Å². The van der Waals surface area contributed by atoms with Crippen LogP contribution in [0, 0.1) is 9.39 Å². The summed E-state index contributed by atoms with van der Waals surface area (Å²) in [5.74, 6) is -0.640.